The number of carbonyl (C=O) groups is 1. The van der Waals surface area contributed by atoms with Crippen molar-refractivity contribution in [3.8, 4) is 16.9 Å². The minimum absolute atomic E-state index is 0.0609. The highest BCUT2D eigenvalue weighted by atomic mass is 16.5. The second kappa shape index (κ2) is 9.53. The number of nitrogens with one attached hydrogen (secondary N) is 2. The van der Waals surface area contributed by atoms with Crippen molar-refractivity contribution in [2.75, 3.05) is 40.0 Å². The van der Waals surface area contributed by atoms with Crippen LogP contribution in [-0.4, -0.2) is 45.9 Å². The molecule has 2 N–H and O–H groups in total. The molecule has 1 fully saturated rings. The van der Waals surface area contributed by atoms with Gasteiger partial charge in [0.25, 0.3) is 0 Å². The minimum Gasteiger partial charge on any atom is -0.491 e. The van der Waals surface area contributed by atoms with Crippen LogP contribution in [0, 0.1) is 5.41 Å². The van der Waals surface area contributed by atoms with E-state index in [-0.39, 0.29) is 5.91 Å². The molecule has 5 heteroatoms. The van der Waals surface area contributed by atoms with E-state index in [4.69, 9.17) is 9.47 Å². The maximum Gasteiger partial charge on any atom is 0.228 e. The zero-order valence-electron chi connectivity index (χ0n) is 15.9. The van der Waals surface area contributed by atoms with Crippen LogP contribution in [0.4, 0.5) is 0 Å². The van der Waals surface area contributed by atoms with Crippen molar-refractivity contribution in [2.45, 2.75) is 12.8 Å². The zero-order chi connectivity index (χ0) is 19.0. The normalized spacial score (nSPS) is 15.9. The van der Waals surface area contributed by atoms with Gasteiger partial charge >= 0.3 is 0 Å². The van der Waals surface area contributed by atoms with E-state index in [1.165, 1.54) is 0 Å². The van der Waals surface area contributed by atoms with Crippen molar-refractivity contribution in [3.05, 3.63) is 54.6 Å². The van der Waals surface area contributed by atoms with Crippen molar-refractivity contribution >= 4 is 5.91 Å². The molecule has 0 atom stereocenters. The monoisotopic (exact) mass is 368 g/mol. The summed E-state index contributed by atoms with van der Waals surface area (Å²) in [6, 6.07) is 18.1. The molecule has 0 saturated carbocycles. The minimum atomic E-state index is -0.429. The van der Waals surface area contributed by atoms with Crippen LogP contribution in [-0.2, 0) is 9.53 Å². The third kappa shape index (κ3) is 4.87. The van der Waals surface area contributed by atoms with E-state index in [2.05, 4.69) is 22.8 Å². The number of methoxy groups -OCH3 is 1. The van der Waals surface area contributed by atoms with Crippen LogP contribution in [0.15, 0.2) is 54.6 Å². The van der Waals surface area contributed by atoms with Crippen LogP contribution >= 0.6 is 0 Å². The summed E-state index contributed by atoms with van der Waals surface area (Å²) < 4.78 is 11.3. The van der Waals surface area contributed by atoms with Crippen LogP contribution in [0.1, 0.15) is 12.8 Å². The Morgan fingerprint density at radius 1 is 1.07 bits per heavy atom. The third-order valence-corrected chi connectivity index (χ3v) is 5.08. The summed E-state index contributed by atoms with van der Waals surface area (Å²) in [5, 5.41) is 6.34. The summed E-state index contributed by atoms with van der Waals surface area (Å²) in [6.07, 6.45) is 1.59. The summed E-state index contributed by atoms with van der Waals surface area (Å²) in [5.74, 6) is 0.886. The van der Waals surface area contributed by atoms with Gasteiger partial charge in [-0.05, 0) is 37.6 Å². The molecular weight excluding hydrogens is 340 g/mol. The first-order chi connectivity index (χ1) is 13.2. The highest BCUT2D eigenvalue weighted by molar-refractivity contribution is 5.83. The van der Waals surface area contributed by atoms with E-state index in [0.717, 1.165) is 42.8 Å². The number of hydrogen-bond donors (Lipinski definition) is 2. The van der Waals surface area contributed by atoms with E-state index in [1.807, 2.05) is 42.5 Å². The number of hydrogen-bond acceptors (Lipinski definition) is 4. The molecule has 1 amide bonds. The maximum atomic E-state index is 12.7. The fourth-order valence-electron chi connectivity index (χ4n) is 3.58. The van der Waals surface area contributed by atoms with Crippen molar-refractivity contribution < 1.29 is 14.3 Å². The summed E-state index contributed by atoms with van der Waals surface area (Å²) in [5.41, 5.74) is 1.74. The number of rotatable bonds is 8. The van der Waals surface area contributed by atoms with Crippen molar-refractivity contribution in [1.29, 1.82) is 0 Å². The van der Waals surface area contributed by atoms with E-state index >= 15 is 0 Å². The fourth-order valence-corrected chi connectivity index (χ4v) is 3.58. The molecule has 0 unspecified atom stereocenters. The first-order valence-electron chi connectivity index (χ1n) is 9.50. The van der Waals surface area contributed by atoms with Gasteiger partial charge in [0.15, 0.2) is 0 Å². The zero-order valence-corrected chi connectivity index (χ0v) is 15.9. The lowest BCUT2D eigenvalue weighted by Crippen LogP contribution is -2.50. The Bertz CT molecular complexity index is 722. The highest BCUT2D eigenvalue weighted by Crippen LogP contribution is 2.30. The molecule has 5 nitrogen and oxygen atoms in total. The number of piperidine rings is 1. The molecule has 1 aliphatic rings. The van der Waals surface area contributed by atoms with Gasteiger partial charge in [-0.3, -0.25) is 4.79 Å². The molecule has 0 aromatic heterocycles. The molecule has 1 saturated heterocycles. The number of para-hydroxylation sites is 1. The number of carbonyl (C=O) groups excluding carboxylic acids is 1. The molecule has 27 heavy (non-hydrogen) atoms. The van der Waals surface area contributed by atoms with Crippen LogP contribution in [0.5, 0.6) is 5.75 Å². The molecular formula is C22H28N2O3. The molecule has 1 aliphatic heterocycles. The molecule has 0 radical (unpaired) electrons. The van der Waals surface area contributed by atoms with Gasteiger partial charge in [-0.2, -0.15) is 0 Å². The average Bonchev–Trinajstić information content (AvgIpc) is 2.73. The molecule has 0 aliphatic carbocycles. The smallest absolute Gasteiger partial charge is 0.228 e. The lowest BCUT2D eigenvalue weighted by Gasteiger charge is -2.35. The fraction of sp³-hybridized carbons (Fsp3) is 0.409. The van der Waals surface area contributed by atoms with Crippen LogP contribution in [0.25, 0.3) is 11.1 Å². The lowest BCUT2D eigenvalue weighted by atomic mass is 9.78. The van der Waals surface area contributed by atoms with Gasteiger partial charge in [0.2, 0.25) is 5.91 Å². The van der Waals surface area contributed by atoms with Crippen molar-refractivity contribution in [1.82, 2.24) is 10.6 Å². The van der Waals surface area contributed by atoms with Crippen LogP contribution in [0.3, 0.4) is 0 Å². The van der Waals surface area contributed by atoms with E-state index in [9.17, 15) is 4.79 Å². The molecule has 0 spiro atoms. The predicted octanol–water partition coefficient (Wildman–Crippen LogP) is 2.86. The summed E-state index contributed by atoms with van der Waals surface area (Å²) in [4.78, 5) is 12.7. The number of benzene rings is 2. The van der Waals surface area contributed by atoms with Crippen LogP contribution < -0.4 is 15.4 Å². The van der Waals surface area contributed by atoms with Crippen molar-refractivity contribution in [3.63, 3.8) is 0 Å². The lowest BCUT2D eigenvalue weighted by molar-refractivity contribution is -0.136. The Morgan fingerprint density at radius 3 is 2.52 bits per heavy atom. The first-order valence-corrected chi connectivity index (χ1v) is 9.50. The van der Waals surface area contributed by atoms with Gasteiger partial charge in [-0.1, -0.05) is 48.5 Å². The van der Waals surface area contributed by atoms with Gasteiger partial charge < -0.3 is 20.1 Å². The van der Waals surface area contributed by atoms with E-state index in [0.29, 0.717) is 19.8 Å². The Hall–Kier alpha value is -2.37. The summed E-state index contributed by atoms with van der Waals surface area (Å²) in [7, 11) is 1.65. The SMILES string of the molecule is COCC1(C(=O)NCCOc2ccccc2-c2ccccc2)CCNCC1. The third-order valence-electron chi connectivity index (χ3n) is 5.08. The second-order valence-electron chi connectivity index (χ2n) is 6.93. The first kappa shape index (κ1) is 19.4. The quantitative estimate of drug-likeness (QED) is 0.704. The Balaban J connectivity index is 1.55. The topological polar surface area (TPSA) is 59.6 Å². The molecule has 0 bridgehead atoms. The number of amides is 1. The molecule has 144 valence electrons. The highest BCUT2D eigenvalue weighted by Gasteiger charge is 2.39. The number of ether oxygens (including phenoxy) is 2. The molecule has 2 aromatic carbocycles. The van der Waals surface area contributed by atoms with Gasteiger partial charge in [0.05, 0.1) is 18.6 Å². The van der Waals surface area contributed by atoms with Gasteiger partial charge in [-0.15, -0.1) is 0 Å². The molecule has 1 heterocycles. The standard InChI is InChI=1S/C22H28N2O3/c1-26-17-22(11-13-23-14-12-22)21(25)24-15-16-27-20-10-6-5-9-19(20)18-7-3-2-4-8-18/h2-10,23H,11-17H2,1H3,(H,24,25). The van der Waals surface area contributed by atoms with Gasteiger partial charge in [0.1, 0.15) is 12.4 Å². The Morgan fingerprint density at radius 2 is 1.78 bits per heavy atom. The van der Waals surface area contributed by atoms with Crippen molar-refractivity contribution in [2.24, 2.45) is 5.41 Å². The van der Waals surface area contributed by atoms with Gasteiger partial charge in [0, 0.05) is 12.7 Å². The second-order valence-corrected chi connectivity index (χ2v) is 6.93. The van der Waals surface area contributed by atoms with Crippen LogP contribution in [0.2, 0.25) is 0 Å². The Kier molecular flexibility index (Phi) is 6.85. The average molecular weight is 368 g/mol. The largest absolute Gasteiger partial charge is 0.491 e. The maximum absolute atomic E-state index is 12.7. The van der Waals surface area contributed by atoms with E-state index in [1.54, 1.807) is 7.11 Å². The molecule has 2 aromatic rings. The van der Waals surface area contributed by atoms with E-state index < -0.39 is 5.41 Å². The van der Waals surface area contributed by atoms with Gasteiger partial charge in [-0.25, -0.2) is 0 Å². The predicted molar refractivity (Wildman–Crippen MR) is 107 cm³/mol. The summed E-state index contributed by atoms with van der Waals surface area (Å²) >= 11 is 0. The Labute approximate surface area is 161 Å². The molecule has 3 rings (SSSR count). The summed E-state index contributed by atoms with van der Waals surface area (Å²) in [6.45, 7) is 3.05.